The predicted octanol–water partition coefficient (Wildman–Crippen LogP) is 4.26. The maximum absolute atomic E-state index is 11.1. The Morgan fingerprint density at radius 2 is 1.75 bits per heavy atom. The molecule has 150 valence electrons. The van der Waals surface area contributed by atoms with Gasteiger partial charge < -0.3 is 9.47 Å². The number of hydrogen-bond donors (Lipinski definition) is 2. The molecule has 0 aliphatic carbocycles. The molecule has 2 aromatic rings. The highest BCUT2D eigenvalue weighted by molar-refractivity contribution is 6.30. The molecule has 6 nitrogen and oxygen atoms in total. The van der Waals surface area contributed by atoms with Crippen LogP contribution in [0.25, 0.3) is 0 Å². The Labute approximate surface area is 170 Å². The second kappa shape index (κ2) is 10.3. The highest BCUT2D eigenvalue weighted by atomic mass is 35.5. The smallest absolute Gasteiger partial charge is 0.243 e. The lowest BCUT2D eigenvalue weighted by Gasteiger charge is -2.24. The lowest BCUT2D eigenvalue weighted by Crippen LogP contribution is -2.35. The largest absolute Gasteiger partial charge is 0.492 e. The van der Waals surface area contributed by atoms with Crippen LogP contribution in [0.5, 0.6) is 17.2 Å². The van der Waals surface area contributed by atoms with Crippen molar-refractivity contribution in [3.8, 4) is 17.2 Å². The van der Waals surface area contributed by atoms with Crippen molar-refractivity contribution in [2.45, 2.75) is 31.7 Å². The van der Waals surface area contributed by atoms with Crippen molar-refractivity contribution in [2.24, 2.45) is 0 Å². The van der Waals surface area contributed by atoms with Crippen molar-refractivity contribution in [1.29, 1.82) is 0 Å². The van der Waals surface area contributed by atoms with Gasteiger partial charge >= 0.3 is 0 Å². The van der Waals surface area contributed by atoms with E-state index in [1.165, 1.54) is 0 Å². The van der Waals surface area contributed by atoms with Crippen LogP contribution in [-0.2, 0) is 4.79 Å². The SMILES string of the molecule is O=C(CCCN1CCCC1COc1ccc(Oc2ccc(Cl)cc2)cc1)NO. The molecule has 0 saturated carbocycles. The lowest BCUT2D eigenvalue weighted by atomic mass is 10.2. The first-order valence-electron chi connectivity index (χ1n) is 9.47. The Hall–Kier alpha value is -2.28. The molecule has 1 fully saturated rings. The van der Waals surface area contributed by atoms with Gasteiger partial charge in [-0.05, 0) is 80.9 Å². The van der Waals surface area contributed by atoms with E-state index in [0.29, 0.717) is 24.1 Å². The van der Waals surface area contributed by atoms with E-state index in [1.807, 2.05) is 36.4 Å². The number of amides is 1. The van der Waals surface area contributed by atoms with E-state index in [0.717, 1.165) is 49.6 Å². The van der Waals surface area contributed by atoms with Crippen molar-refractivity contribution in [3.63, 3.8) is 0 Å². The minimum Gasteiger partial charge on any atom is -0.492 e. The first kappa shape index (κ1) is 20.5. The number of halogens is 1. The lowest BCUT2D eigenvalue weighted by molar-refractivity contribution is -0.129. The van der Waals surface area contributed by atoms with Crippen LogP contribution in [0.1, 0.15) is 25.7 Å². The zero-order chi connectivity index (χ0) is 19.8. The van der Waals surface area contributed by atoms with E-state index in [-0.39, 0.29) is 5.91 Å². The topological polar surface area (TPSA) is 71.0 Å². The molecule has 2 N–H and O–H groups in total. The van der Waals surface area contributed by atoms with Gasteiger partial charge in [-0.3, -0.25) is 14.9 Å². The van der Waals surface area contributed by atoms with E-state index in [9.17, 15) is 4.79 Å². The van der Waals surface area contributed by atoms with E-state index in [1.54, 1.807) is 17.6 Å². The first-order valence-corrected chi connectivity index (χ1v) is 9.85. The number of rotatable bonds is 9. The molecule has 1 aliphatic rings. The summed E-state index contributed by atoms with van der Waals surface area (Å²) in [4.78, 5) is 13.5. The van der Waals surface area contributed by atoms with Crippen LogP contribution in [0.4, 0.5) is 0 Å². The summed E-state index contributed by atoms with van der Waals surface area (Å²) < 4.78 is 11.7. The molecular weight excluding hydrogens is 380 g/mol. The highest BCUT2D eigenvalue weighted by Crippen LogP contribution is 2.26. The van der Waals surface area contributed by atoms with E-state index in [4.69, 9.17) is 26.3 Å². The number of hydroxylamine groups is 1. The summed E-state index contributed by atoms with van der Waals surface area (Å²) in [6.45, 7) is 2.46. The third-order valence-corrected chi connectivity index (χ3v) is 5.04. The number of nitrogens with one attached hydrogen (secondary N) is 1. The molecule has 2 aromatic carbocycles. The number of carbonyl (C=O) groups excluding carboxylic acids is 1. The van der Waals surface area contributed by atoms with Crippen molar-refractivity contribution in [1.82, 2.24) is 10.4 Å². The number of hydrogen-bond acceptors (Lipinski definition) is 5. The van der Waals surface area contributed by atoms with Gasteiger partial charge in [0.2, 0.25) is 5.91 Å². The van der Waals surface area contributed by atoms with Crippen LogP contribution < -0.4 is 15.0 Å². The van der Waals surface area contributed by atoms with E-state index < -0.39 is 0 Å². The van der Waals surface area contributed by atoms with Gasteiger partial charge in [-0.15, -0.1) is 0 Å². The van der Waals surface area contributed by atoms with E-state index in [2.05, 4.69) is 4.90 Å². The quantitative estimate of drug-likeness (QED) is 0.482. The van der Waals surface area contributed by atoms with Crippen LogP contribution in [0.3, 0.4) is 0 Å². The molecule has 0 bridgehead atoms. The van der Waals surface area contributed by atoms with Crippen LogP contribution in [-0.4, -0.2) is 41.8 Å². The molecule has 1 aliphatic heterocycles. The first-order chi connectivity index (χ1) is 13.6. The summed E-state index contributed by atoms with van der Waals surface area (Å²) in [5.74, 6) is 1.93. The molecule has 0 spiro atoms. The van der Waals surface area contributed by atoms with Crippen LogP contribution in [0.15, 0.2) is 48.5 Å². The second-order valence-corrected chi connectivity index (χ2v) is 7.25. The van der Waals surface area contributed by atoms with Crippen molar-refractivity contribution in [3.05, 3.63) is 53.6 Å². The van der Waals surface area contributed by atoms with Gasteiger partial charge in [0, 0.05) is 17.5 Å². The zero-order valence-electron chi connectivity index (χ0n) is 15.6. The number of nitrogens with zero attached hydrogens (tertiary/aromatic N) is 1. The maximum Gasteiger partial charge on any atom is 0.243 e. The molecule has 1 saturated heterocycles. The van der Waals surface area contributed by atoms with Gasteiger partial charge in [0.25, 0.3) is 0 Å². The van der Waals surface area contributed by atoms with Gasteiger partial charge in [0.05, 0.1) is 0 Å². The summed E-state index contributed by atoms with van der Waals surface area (Å²) in [5.41, 5.74) is 1.67. The number of carbonyl (C=O) groups is 1. The summed E-state index contributed by atoms with van der Waals surface area (Å²) in [6.07, 6.45) is 3.27. The molecule has 1 atom stereocenters. The molecule has 28 heavy (non-hydrogen) atoms. The monoisotopic (exact) mass is 404 g/mol. The standard InChI is InChI=1S/C21H25ClN2O4/c22-16-5-7-19(8-6-16)28-20-11-9-18(10-12-20)27-15-17-3-1-13-24(17)14-2-4-21(25)23-26/h5-12,17,26H,1-4,13-15H2,(H,23,25). The zero-order valence-corrected chi connectivity index (χ0v) is 16.4. The molecule has 0 radical (unpaired) electrons. The fraction of sp³-hybridized carbons (Fsp3) is 0.381. The molecule has 3 rings (SSSR count). The molecule has 0 aromatic heterocycles. The minimum atomic E-state index is -0.340. The van der Waals surface area contributed by atoms with Crippen molar-refractivity contribution in [2.75, 3.05) is 19.7 Å². The van der Waals surface area contributed by atoms with Crippen molar-refractivity contribution < 1.29 is 19.5 Å². The average molecular weight is 405 g/mol. The number of benzene rings is 2. The van der Waals surface area contributed by atoms with Crippen molar-refractivity contribution >= 4 is 17.5 Å². The molecular formula is C21H25ClN2O4. The third kappa shape index (κ3) is 6.12. The third-order valence-electron chi connectivity index (χ3n) is 4.79. The summed E-state index contributed by atoms with van der Waals surface area (Å²) >= 11 is 5.88. The molecule has 1 heterocycles. The Morgan fingerprint density at radius 3 is 2.43 bits per heavy atom. The summed E-state index contributed by atoms with van der Waals surface area (Å²) in [7, 11) is 0. The summed E-state index contributed by atoms with van der Waals surface area (Å²) in [5, 5.41) is 9.23. The fourth-order valence-corrected chi connectivity index (χ4v) is 3.44. The predicted molar refractivity (Wildman–Crippen MR) is 107 cm³/mol. The van der Waals surface area contributed by atoms with Crippen LogP contribution in [0.2, 0.25) is 5.02 Å². The second-order valence-electron chi connectivity index (χ2n) is 6.81. The van der Waals surface area contributed by atoms with Gasteiger partial charge in [0.1, 0.15) is 23.9 Å². The van der Waals surface area contributed by atoms with Gasteiger partial charge in [-0.2, -0.15) is 0 Å². The molecule has 1 unspecified atom stereocenters. The van der Waals surface area contributed by atoms with Gasteiger partial charge in [-0.1, -0.05) is 11.6 Å². The molecule has 1 amide bonds. The number of likely N-dealkylation sites (tertiary alicyclic amines) is 1. The normalized spacial score (nSPS) is 16.7. The number of ether oxygens (including phenoxy) is 2. The van der Waals surface area contributed by atoms with E-state index >= 15 is 0 Å². The van der Waals surface area contributed by atoms with Crippen LogP contribution in [0, 0.1) is 0 Å². The van der Waals surface area contributed by atoms with Crippen LogP contribution >= 0.6 is 11.6 Å². The Balaban J connectivity index is 1.44. The minimum absolute atomic E-state index is 0.329. The maximum atomic E-state index is 11.1. The average Bonchev–Trinajstić information content (AvgIpc) is 3.16. The van der Waals surface area contributed by atoms with Gasteiger partial charge in [-0.25, -0.2) is 5.48 Å². The van der Waals surface area contributed by atoms with Gasteiger partial charge in [0.15, 0.2) is 0 Å². The fourth-order valence-electron chi connectivity index (χ4n) is 3.31. The summed E-state index contributed by atoms with van der Waals surface area (Å²) in [6, 6.07) is 15.1. The Kier molecular flexibility index (Phi) is 7.54. The highest BCUT2D eigenvalue weighted by Gasteiger charge is 2.24. The Morgan fingerprint density at radius 1 is 1.11 bits per heavy atom. The molecule has 7 heteroatoms. The Bertz CT molecular complexity index is 752.